The molecule has 9 heteroatoms. The van der Waals surface area contributed by atoms with Crippen molar-refractivity contribution in [1.29, 1.82) is 0 Å². The molecule has 2 aromatic carbocycles. The highest BCUT2D eigenvalue weighted by Gasteiger charge is 2.23. The summed E-state index contributed by atoms with van der Waals surface area (Å²) in [5, 5.41) is 26.1. The van der Waals surface area contributed by atoms with Crippen LogP contribution in [0.2, 0.25) is 5.02 Å². The average Bonchev–Trinajstić information content (AvgIpc) is 3.04. The van der Waals surface area contributed by atoms with E-state index in [1.54, 1.807) is 24.3 Å². The summed E-state index contributed by atoms with van der Waals surface area (Å²) < 4.78 is 14.1. The minimum Gasteiger partial charge on any atom is -0.493 e. The molecule has 0 aliphatic rings. The van der Waals surface area contributed by atoms with E-state index in [1.807, 2.05) is 0 Å². The predicted molar refractivity (Wildman–Crippen MR) is 99.1 cm³/mol. The maximum Gasteiger partial charge on any atom is 0.305 e. The van der Waals surface area contributed by atoms with Crippen LogP contribution in [0, 0.1) is 5.82 Å². The number of halogens is 2. The Morgan fingerprint density at radius 3 is 2.50 bits per heavy atom. The van der Waals surface area contributed by atoms with Gasteiger partial charge in [-0.3, -0.25) is 9.59 Å². The average molecular weight is 404 g/mol. The summed E-state index contributed by atoms with van der Waals surface area (Å²) in [5.74, 6) is -2.60. The number of aromatic nitrogens is 2. The van der Waals surface area contributed by atoms with Crippen molar-refractivity contribution in [2.75, 3.05) is 0 Å². The Morgan fingerprint density at radius 1 is 1.18 bits per heavy atom. The van der Waals surface area contributed by atoms with E-state index in [0.29, 0.717) is 16.3 Å². The van der Waals surface area contributed by atoms with Gasteiger partial charge in [0.05, 0.1) is 18.2 Å². The largest absolute Gasteiger partial charge is 0.493 e. The maximum atomic E-state index is 13.1. The number of nitrogens with zero attached hydrogens (tertiary/aromatic N) is 2. The van der Waals surface area contributed by atoms with E-state index in [1.165, 1.54) is 24.3 Å². The van der Waals surface area contributed by atoms with E-state index in [4.69, 9.17) is 16.7 Å². The standard InChI is InChI=1S/C19H15ClFN3O4/c20-14-4-2-1-3-13(14)15(10-18(26)27)22-19(28)16-9-17(25)24(23-16)12-7-5-11(21)6-8-12/h1-9,15,25H,10H2,(H,22,28)(H,26,27)/t15-/m0/s1. The molecular formula is C19H15ClFN3O4. The lowest BCUT2D eigenvalue weighted by atomic mass is 10.0. The Labute approximate surface area is 164 Å². The van der Waals surface area contributed by atoms with Crippen molar-refractivity contribution >= 4 is 23.5 Å². The summed E-state index contributed by atoms with van der Waals surface area (Å²) in [6.07, 6.45) is -0.389. The van der Waals surface area contributed by atoms with Crippen molar-refractivity contribution in [1.82, 2.24) is 15.1 Å². The van der Waals surface area contributed by atoms with E-state index in [9.17, 15) is 19.1 Å². The first kappa shape index (κ1) is 19.4. The molecule has 0 aliphatic heterocycles. The number of rotatable bonds is 6. The van der Waals surface area contributed by atoms with Crippen molar-refractivity contribution in [3.63, 3.8) is 0 Å². The van der Waals surface area contributed by atoms with E-state index in [-0.39, 0.29) is 18.0 Å². The first-order valence-electron chi connectivity index (χ1n) is 8.17. The van der Waals surface area contributed by atoms with Crippen LogP contribution >= 0.6 is 11.6 Å². The number of aromatic hydroxyl groups is 1. The van der Waals surface area contributed by atoms with Crippen LogP contribution in [0.4, 0.5) is 4.39 Å². The molecule has 3 N–H and O–H groups in total. The van der Waals surface area contributed by atoms with Gasteiger partial charge in [0.25, 0.3) is 5.91 Å². The van der Waals surface area contributed by atoms with E-state index in [2.05, 4.69) is 10.4 Å². The fourth-order valence-electron chi connectivity index (χ4n) is 2.66. The number of nitrogens with one attached hydrogen (secondary N) is 1. The van der Waals surface area contributed by atoms with Crippen molar-refractivity contribution in [3.8, 4) is 11.6 Å². The number of benzene rings is 2. The topological polar surface area (TPSA) is 104 Å². The Bertz CT molecular complexity index is 1020. The van der Waals surface area contributed by atoms with Crippen molar-refractivity contribution in [2.45, 2.75) is 12.5 Å². The van der Waals surface area contributed by atoms with Gasteiger partial charge in [0.2, 0.25) is 5.88 Å². The zero-order chi connectivity index (χ0) is 20.3. The molecule has 0 unspecified atom stereocenters. The summed E-state index contributed by atoms with van der Waals surface area (Å²) >= 11 is 6.12. The normalized spacial score (nSPS) is 11.8. The highest BCUT2D eigenvalue weighted by Crippen LogP contribution is 2.26. The summed E-state index contributed by atoms with van der Waals surface area (Å²) in [5.41, 5.74) is 0.664. The second-order valence-electron chi connectivity index (χ2n) is 5.92. The number of aliphatic carboxylic acids is 1. The first-order chi connectivity index (χ1) is 13.3. The van der Waals surface area contributed by atoms with Gasteiger partial charge in [-0.1, -0.05) is 29.8 Å². The third-order valence-corrected chi connectivity index (χ3v) is 4.30. The number of carbonyl (C=O) groups is 2. The highest BCUT2D eigenvalue weighted by molar-refractivity contribution is 6.31. The van der Waals surface area contributed by atoms with Crippen LogP contribution in [0.25, 0.3) is 5.69 Å². The summed E-state index contributed by atoms with van der Waals surface area (Å²) in [7, 11) is 0. The van der Waals surface area contributed by atoms with Gasteiger partial charge < -0.3 is 15.5 Å². The number of hydrogen-bond acceptors (Lipinski definition) is 4. The fourth-order valence-corrected chi connectivity index (χ4v) is 2.93. The molecule has 0 aliphatic carbocycles. The van der Waals surface area contributed by atoms with Gasteiger partial charge >= 0.3 is 5.97 Å². The third-order valence-electron chi connectivity index (χ3n) is 3.96. The van der Waals surface area contributed by atoms with Gasteiger partial charge in [0.15, 0.2) is 5.69 Å². The predicted octanol–water partition coefficient (Wildman–Crippen LogP) is 3.32. The molecule has 0 radical (unpaired) electrons. The lowest BCUT2D eigenvalue weighted by Gasteiger charge is -2.18. The van der Waals surface area contributed by atoms with Gasteiger partial charge in [0, 0.05) is 11.1 Å². The zero-order valence-electron chi connectivity index (χ0n) is 14.3. The van der Waals surface area contributed by atoms with Crippen LogP contribution < -0.4 is 5.32 Å². The minimum atomic E-state index is -1.12. The van der Waals surface area contributed by atoms with Gasteiger partial charge in [-0.2, -0.15) is 5.10 Å². The number of carbonyl (C=O) groups excluding carboxylic acids is 1. The Balaban J connectivity index is 1.86. The molecule has 7 nitrogen and oxygen atoms in total. The molecule has 0 saturated heterocycles. The van der Waals surface area contributed by atoms with Crippen LogP contribution in [0.1, 0.15) is 28.5 Å². The molecule has 1 amide bonds. The molecule has 3 rings (SSSR count). The molecule has 1 atom stereocenters. The molecule has 0 bridgehead atoms. The van der Waals surface area contributed by atoms with E-state index in [0.717, 1.165) is 10.7 Å². The Hall–Kier alpha value is -3.39. The number of hydrogen-bond donors (Lipinski definition) is 3. The summed E-state index contributed by atoms with van der Waals surface area (Å²) in [6, 6.07) is 12.0. The quantitative estimate of drug-likeness (QED) is 0.585. The highest BCUT2D eigenvalue weighted by atomic mass is 35.5. The number of carboxylic acid groups (broad SMARTS) is 1. The Kier molecular flexibility index (Phi) is 5.60. The van der Waals surface area contributed by atoms with Crippen LogP contribution in [0.5, 0.6) is 5.88 Å². The molecule has 28 heavy (non-hydrogen) atoms. The van der Waals surface area contributed by atoms with Crippen LogP contribution in [0.15, 0.2) is 54.6 Å². The molecule has 0 fully saturated rings. The minimum absolute atomic E-state index is 0.135. The first-order valence-corrected chi connectivity index (χ1v) is 8.55. The lowest BCUT2D eigenvalue weighted by molar-refractivity contribution is -0.137. The summed E-state index contributed by atoms with van der Waals surface area (Å²) in [4.78, 5) is 23.8. The molecule has 0 spiro atoms. The van der Waals surface area contributed by atoms with Crippen molar-refractivity contribution in [3.05, 3.63) is 76.7 Å². The molecular weight excluding hydrogens is 389 g/mol. The Morgan fingerprint density at radius 2 is 1.86 bits per heavy atom. The molecule has 0 saturated carbocycles. The molecule has 1 heterocycles. The number of carboxylic acids is 1. The zero-order valence-corrected chi connectivity index (χ0v) is 15.1. The second kappa shape index (κ2) is 8.10. The van der Waals surface area contributed by atoms with Crippen molar-refractivity contribution in [2.24, 2.45) is 0 Å². The van der Waals surface area contributed by atoms with E-state index < -0.39 is 23.7 Å². The monoisotopic (exact) mass is 403 g/mol. The van der Waals surface area contributed by atoms with Crippen molar-refractivity contribution < 1.29 is 24.2 Å². The van der Waals surface area contributed by atoms with Crippen LogP contribution in [-0.4, -0.2) is 31.9 Å². The smallest absolute Gasteiger partial charge is 0.305 e. The van der Waals surface area contributed by atoms with Crippen LogP contribution in [0.3, 0.4) is 0 Å². The number of amides is 1. The molecule has 1 aromatic heterocycles. The van der Waals surface area contributed by atoms with Gasteiger partial charge in [-0.05, 0) is 35.9 Å². The third kappa shape index (κ3) is 4.29. The molecule has 3 aromatic rings. The SMILES string of the molecule is O=C(O)C[C@H](NC(=O)c1cc(O)n(-c2ccc(F)cc2)n1)c1ccccc1Cl. The molecule has 144 valence electrons. The summed E-state index contributed by atoms with van der Waals surface area (Å²) in [6.45, 7) is 0. The van der Waals surface area contributed by atoms with Gasteiger partial charge in [-0.15, -0.1) is 0 Å². The van der Waals surface area contributed by atoms with Gasteiger partial charge in [-0.25, -0.2) is 9.07 Å². The van der Waals surface area contributed by atoms with Crippen LogP contribution in [-0.2, 0) is 4.79 Å². The second-order valence-corrected chi connectivity index (χ2v) is 6.33. The van der Waals surface area contributed by atoms with E-state index >= 15 is 0 Å². The lowest BCUT2D eigenvalue weighted by Crippen LogP contribution is -2.30. The fraction of sp³-hybridized carbons (Fsp3) is 0.105. The maximum absolute atomic E-state index is 13.1. The van der Waals surface area contributed by atoms with Gasteiger partial charge in [0.1, 0.15) is 5.82 Å².